The lowest BCUT2D eigenvalue weighted by Gasteiger charge is -2.27. The molecule has 0 saturated carbocycles. The molecule has 0 aliphatic carbocycles. The molecule has 9 nitrogen and oxygen atoms in total. The SMILES string of the molecule is Cc1nn(-c2ccccc2)nc1C(=O)N1CCCN1C(=O)CCNC(=O)c1ccccc1. The maximum absolute atomic E-state index is 13.1. The molecule has 1 aromatic heterocycles. The molecule has 4 rings (SSSR count). The number of carbonyl (C=O) groups excluding carboxylic acids is 3. The summed E-state index contributed by atoms with van der Waals surface area (Å²) in [6, 6.07) is 18.1. The van der Waals surface area contributed by atoms with Crippen LogP contribution in [0, 0.1) is 6.92 Å². The number of nitrogens with zero attached hydrogens (tertiary/aromatic N) is 5. The van der Waals surface area contributed by atoms with E-state index in [9.17, 15) is 14.4 Å². The minimum Gasteiger partial charge on any atom is -0.352 e. The van der Waals surface area contributed by atoms with Crippen LogP contribution in [-0.2, 0) is 4.79 Å². The second-order valence-electron chi connectivity index (χ2n) is 7.43. The van der Waals surface area contributed by atoms with Crippen LogP contribution in [0.2, 0.25) is 0 Å². The lowest BCUT2D eigenvalue weighted by atomic mass is 10.2. The van der Waals surface area contributed by atoms with Crippen molar-refractivity contribution in [2.75, 3.05) is 19.6 Å². The van der Waals surface area contributed by atoms with E-state index in [4.69, 9.17) is 0 Å². The van der Waals surface area contributed by atoms with Crippen molar-refractivity contribution in [1.29, 1.82) is 0 Å². The number of nitrogens with one attached hydrogen (secondary N) is 1. The molecule has 1 fully saturated rings. The molecule has 1 aliphatic heterocycles. The third kappa shape index (κ3) is 4.51. The van der Waals surface area contributed by atoms with Gasteiger partial charge in [-0.2, -0.15) is 9.90 Å². The predicted octanol–water partition coefficient (Wildman–Crippen LogP) is 1.99. The van der Waals surface area contributed by atoms with Gasteiger partial charge in [-0.15, -0.1) is 5.10 Å². The number of hydrazine groups is 1. The van der Waals surface area contributed by atoms with Gasteiger partial charge in [0.25, 0.3) is 11.8 Å². The molecule has 2 aromatic carbocycles. The molecular weight excluding hydrogens is 408 g/mol. The van der Waals surface area contributed by atoms with Crippen molar-refractivity contribution >= 4 is 17.7 Å². The highest BCUT2D eigenvalue weighted by molar-refractivity contribution is 5.95. The highest BCUT2D eigenvalue weighted by Crippen LogP contribution is 2.17. The lowest BCUT2D eigenvalue weighted by molar-refractivity contribution is -0.140. The van der Waals surface area contributed by atoms with Crippen molar-refractivity contribution in [2.24, 2.45) is 0 Å². The summed E-state index contributed by atoms with van der Waals surface area (Å²) in [5.74, 6) is -0.818. The van der Waals surface area contributed by atoms with E-state index in [1.807, 2.05) is 36.4 Å². The van der Waals surface area contributed by atoms with Gasteiger partial charge < -0.3 is 5.32 Å². The number of carbonyl (C=O) groups is 3. The van der Waals surface area contributed by atoms with Gasteiger partial charge in [0.05, 0.1) is 11.4 Å². The number of para-hydroxylation sites is 1. The molecule has 0 radical (unpaired) electrons. The zero-order valence-electron chi connectivity index (χ0n) is 17.8. The number of benzene rings is 2. The maximum atomic E-state index is 13.1. The van der Waals surface area contributed by atoms with Crippen LogP contribution in [-0.4, -0.2) is 62.4 Å². The van der Waals surface area contributed by atoms with Gasteiger partial charge in [-0.1, -0.05) is 36.4 Å². The first-order valence-electron chi connectivity index (χ1n) is 10.5. The van der Waals surface area contributed by atoms with Gasteiger partial charge in [-0.05, 0) is 37.6 Å². The van der Waals surface area contributed by atoms with Gasteiger partial charge in [0.1, 0.15) is 0 Å². The summed E-state index contributed by atoms with van der Waals surface area (Å²) in [6.07, 6.45) is 0.776. The predicted molar refractivity (Wildman–Crippen MR) is 117 cm³/mol. The van der Waals surface area contributed by atoms with Gasteiger partial charge in [-0.3, -0.25) is 19.4 Å². The summed E-state index contributed by atoms with van der Waals surface area (Å²) >= 11 is 0. The highest BCUT2D eigenvalue weighted by atomic mass is 16.2. The fraction of sp³-hybridized carbons (Fsp3) is 0.261. The molecule has 2 heterocycles. The van der Waals surface area contributed by atoms with Crippen molar-refractivity contribution in [3.63, 3.8) is 0 Å². The van der Waals surface area contributed by atoms with Crippen LogP contribution >= 0.6 is 0 Å². The van der Waals surface area contributed by atoms with Crippen LogP contribution in [0.5, 0.6) is 0 Å². The zero-order valence-corrected chi connectivity index (χ0v) is 17.8. The quantitative estimate of drug-likeness (QED) is 0.642. The number of amides is 3. The van der Waals surface area contributed by atoms with Crippen LogP contribution in [0.1, 0.15) is 39.4 Å². The Morgan fingerprint density at radius 2 is 1.56 bits per heavy atom. The molecule has 0 unspecified atom stereocenters. The van der Waals surface area contributed by atoms with E-state index in [0.29, 0.717) is 30.8 Å². The number of aromatic nitrogens is 3. The van der Waals surface area contributed by atoms with Crippen LogP contribution in [0.15, 0.2) is 60.7 Å². The molecule has 1 saturated heterocycles. The number of aryl methyl sites for hydroxylation is 1. The molecule has 0 bridgehead atoms. The highest BCUT2D eigenvalue weighted by Gasteiger charge is 2.33. The molecular formula is C23H24N6O3. The summed E-state index contributed by atoms with van der Waals surface area (Å²) in [4.78, 5) is 39.5. The molecule has 3 aromatic rings. The van der Waals surface area contributed by atoms with Crippen LogP contribution in [0.25, 0.3) is 5.69 Å². The molecule has 32 heavy (non-hydrogen) atoms. The van der Waals surface area contributed by atoms with Crippen molar-refractivity contribution in [2.45, 2.75) is 19.8 Å². The number of rotatable bonds is 6. The Morgan fingerprint density at radius 1 is 0.906 bits per heavy atom. The van der Waals surface area contributed by atoms with Crippen LogP contribution < -0.4 is 5.32 Å². The smallest absolute Gasteiger partial charge is 0.294 e. The summed E-state index contributed by atoms with van der Waals surface area (Å²) in [6.45, 7) is 2.79. The van der Waals surface area contributed by atoms with E-state index in [-0.39, 0.29) is 36.4 Å². The monoisotopic (exact) mass is 432 g/mol. The summed E-state index contributed by atoms with van der Waals surface area (Å²) in [5.41, 5.74) is 1.99. The van der Waals surface area contributed by atoms with E-state index in [0.717, 1.165) is 5.69 Å². The zero-order chi connectivity index (χ0) is 22.5. The minimum atomic E-state index is -0.358. The maximum Gasteiger partial charge on any atom is 0.294 e. The summed E-state index contributed by atoms with van der Waals surface area (Å²) < 4.78 is 0. The molecule has 3 amide bonds. The fourth-order valence-corrected chi connectivity index (χ4v) is 3.56. The molecule has 164 valence electrons. The van der Waals surface area contributed by atoms with Crippen molar-refractivity contribution in [1.82, 2.24) is 30.3 Å². The van der Waals surface area contributed by atoms with Gasteiger partial charge in [0, 0.05) is 31.6 Å². The van der Waals surface area contributed by atoms with E-state index < -0.39 is 0 Å². The molecule has 1 aliphatic rings. The Balaban J connectivity index is 1.39. The first-order chi connectivity index (χ1) is 15.5. The van der Waals surface area contributed by atoms with Crippen molar-refractivity contribution in [3.8, 4) is 5.69 Å². The standard InChI is InChI=1S/C23H24N6O3/c1-17-21(26-29(25-17)19-11-6-3-7-12-19)23(32)28-16-8-15-27(28)20(30)13-14-24-22(31)18-9-4-2-5-10-18/h2-7,9-12H,8,13-16H2,1H3,(H,24,31). The number of hydrogen-bond donors (Lipinski definition) is 1. The summed E-state index contributed by atoms with van der Waals surface area (Å²) in [7, 11) is 0. The van der Waals surface area contributed by atoms with Gasteiger partial charge >= 0.3 is 0 Å². The molecule has 0 spiro atoms. The third-order valence-electron chi connectivity index (χ3n) is 5.19. The van der Waals surface area contributed by atoms with Gasteiger partial charge in [0.2, 0.25) is 5.91 Å². The number of hydrogen-bond acceptors (Lipinski definition) is 5. The molecule has 1 N–H and O–H groups in total. The average Bonchev–Trinajstić information content (AvgIpc) is 3.47. The Labute approximate surface area is 185 Å². The topological polar surface area (TPSA) is 100 Å². The third-order valence-corrected chi connectivity index (χ3v) is 5.19. The normalized spacial score (nSPS) is 13.3. The Kier molecular flexibility index (Phi) is 6.25. The van der Waals surface area contributed by atoms with E-state index in [1.54, 1.807) is 31.2 Å². The second-order valence-corrected chi connectivity index (χ2v) is 7.43. The Hall–Kier alpha value is -4.01. The van der Waals surface area contributed by atoms with Gasteiger partial charge in [0.15, 0.2) is 5.69 Å². The lowest BCUT2D eigenvalue weighted by Crippen LogP contribution is -2.46. The van der Waals surface area contributed by atoms with Crippen LogP contribution in [0.4, 0.5) is 0 Å². The van der Waals surface area contributed by atoms with Crippen molar-refractivity contribution in [3.05, 3.63) is 77.6 Å². The molecule has 9 heteroatoms. The minimum absolute atomic E-state index is 0.0953. The first kappa shape index (κ1) is 21.2. The largest absolute Gasteiger partial charge is 0.352 e. The second kappa shape index (κ2) is 9.42. The van der Waals surface area contributed by atoms with Gasteiger partial charge in [-0.25, -0.2) is 5.01 Å². The fourth-order valence-electron chi connectivity index (χ4n) is 3.56. The van der Waals surface area contributed by atoms with Crippen molar-refractivity contribution < 1.29 is 14.4 Å². The average molecular weight is 432 g/mol. The van der Waals surface area contributed by atoms with E-state index >= 15 is 0 Å². The Morgan fingerprint density at radius 3 is 2.28 bits per heavy atom. The van der Waals surface area contributed by atoms with Crippen LogP contribution in [0.3, 0.4) is 0 Å². The molecule has 0 atom stereocenters. The van der Waals surface area contributed by atoms with E-state index in [2.05, 4.69) is 15.5 Å². The first-order valence-corrected chi connectivity index (χ1v) is 10.5. The van der Waals surface area contributed by atoms with E-state index in [1.165, 1.54) is 14.8 Å². The Bertz CT molecular complexity index is 1110. The summed E-state index contributed by atoms with van der Waals surface area (Å²) in [5, 5.41) is 14.3.